The molecule has 2 aromatic carbocycles. The SMILES string of the molecule is CC1(C)C(/C=C/C=C2/N(CCCS(=O)(=O)O)c3ccc(S(=O)(=O)O)cc3C2(C)CCCCS(=O)(=O)O)=[N+](CCCCCC(=O)O)c2ccc(S(=O)(=O)O)cc21. The summed E-state index contributed by atoms with van der Waals surface area (Å²) in [5.74, 6) is -2.00. The maximum absolute atomic E-state index is 12.2. The van der Waals surface area contributed by atoms with Crippen molar-refractivity contribution in [1.82, 2.24) is 0 Å². The Morgan fingerprint density at radius 3 is 1.91 bits per heavy atom. The first-order chi connectivity index (χ1) is 25.3. The van der Waals surface area contributed by atoms with Crippen molar-refractivity contribution in [2.75, 3.05) is 29.5 Å². The average molecular weight is 848 g/mol. The van der Waals surface area contributed by atoms with Gasteiger partial charge in [-0.15, -0.1) is 0 Å². The molecule has 2 aromatic rings. The molecule has 0 saturated heterocycles. The minimum absolute atomic E-state index is 0.00722. The molecule has 55 heavy (non-hydrogen) atoms. The van der Waals surface area contributed by atoms with Crippen LogP contribution in [0.3, 0.4) is 0 Å². The molecule has 2 aliphatic heterocycles. The lowest BCUT2D eigenvalue weighted by Crippen LogP contribution is -2.30. The van der Waals surface area contributed by atoms with Crippen molar-refractivity contribution < 1.29 is 66.4 Å². The van der Waals surface area contributed by atoms with Crippen LogP contribution in [0.2, 0.25) is 0 Å². The van der Waals surface area contributed by atoms with Crippen molar-refractivity contribution in [2.24, 2.45) is 0 Å². The molecule has 5 N–H and O–H groups in total. The number of unbranched alkanes of at least 4 members (excludes halogenated alkanes) is 3. The number of anilines is 1. The van der Waals surface area contributed by atoms with Gasteiger partial charge in [0.05, 0.1) is 26.7 Å². The third-order valence-electron chi connectivity index (χ3n) is 10.1. The van der Waals surface area contributed by atoms with Crippen LogP contribution < -0.4 is 4.90 Å². The van der Waals surface area contributed by atoms with Crippen LogP contribution in [-0.4, -0.2) is 97.8 Å². The first-order valence-electron chi connectivity index (χ1n) is 17.4. The number of carbonyl (C=O) groups is 1. The lowest BCUT2D eigenvalue weighted by atomic mass is 9.77. The normalized spacial score (nSPS) is 19.4. The van der Waals surface area contributed by atoms with Gasteiger partial charge < -0.3 is 10.0 Å². The van der Waals surface area contributed by atoms with E-state index in [0.29, 0.717) is 54.0 Å². The topological polar surface area (TPSA) is 261 Å². The average Bonchev–Trinajstić information content (AvgIpc) is 3.40. The molecule has 0 aromatic heterocycles. The van der Waals surface area contributed by atoms with E-state index < -0.39 is 73.7 Å². The van der Waals surface area contributed by atoms with Crippen molar-refractivity contribution in [2.45, 2.75) is 92.8 Å². The van der Waals surface area contributed by atoms with Gasteiger partial charge in [0.15, 0.2) is 5.71 Å². The minimum atomic E-state index is -4.66. The fourth-order valence-electron chi connectivity index (χ4n) is 7.37. The molecule has 0 aliphatic carbocycles. The zero-order valence-corrected chi connectivity index (χ0v) is 33.9. The summed E-state index contributed by atoms with van der Waals surface area (Å²) in [6.07, 6.45) is 7.42. The maximum atomic E-state index is 12.2. The molecule has 0 amide bonds. The van der Waals surface area contributed by atoms with Gasteiger partial charge in [0, 0.05) is 53.9 Å². The van der Waals surface area contributed by atoms with E-state index >= 15 is 0 Å². The quantitative estimate of drug-likeness (QED) is 0.0726. The predicted molar refractivity (Wildman–Crippen MR) is 205 cm³/mol. The van der Waals surface area contributed by atoms with E-state index in [2.05, 4.69) is 0 Å². The second-order valence-electron chi connectivity index (χ2n) is 14.5. The molecule has 0 radical (unpaired) electrons. The van der Waals surface area contributed by atoms with Crippen molar-refractivity contribution in [3.8, 4) is 0 Å². The standard InChI is InChI=1S/C35H46N2O14S4/c1-34(2)27-23-25(54(46,47)48)14-16-29(27)36(19-7-4-5-13-33(38)39)31(34)11-9-12-32-35(3,18-6-8-21-52(40,41)42)28-24-26(55(49,50)51)15-17-30(28)37(32)20-10-22-53(43,44)45/h9,11-12,14-17,23-24H,4-8,10,13,18-22H2,1-3H3,(H4-,38,39,40,41,42,43,44,45,46,47,48,49,50,51)/p+1. The molecule has 0 saturated carbocycles. The van der Waals surface area contributed by atoms with Crippen LogP contribution in [0.25, 0.3) is 0 Å². The number of rotatable bonds is 19. The maximum Gasteiger partial charge on any atom is 0.303 e. The van der Waals surface area contributed by atoms with Gasteiger partial charge in [-0.05, 0) is 94.8 Å². The molecular weight excluding hydrogens is 801 g/mol. The number of nitrogens with zero attached hydrogens (tertiary/aromatic N) is 2. The van der Waals surface area contributed by atoms with E-state index in [1.165, 1.54) is 30.3 Å². The molecule has 304 valence electrons. The third kappa shape index (κ3) is 10.9. The van der Waals surface area contributed by atoms with Crippen LogP contribution in [0.15, 0.2) is 70.1 Å². The molecule has 20 heteroatoms. The van der Waals surface area contributed by atoms with Crippen molar-refractivity contribution in [1.29, 1.82) is 0 Å². The molecule has 1 atom stereocenters. The van der Waals surface area contributed by atoms with Crippen LogP contribution >= 0.6 is 0 Å². The molecule has 2 heterocycles. The molecule has 0 bridgehead atoms. The van der Waals surface area contributed by atoms with Gasteiger partial charge in [-0.1, -0.05) is 12.5 Å². The zero-order chi connectivity index (χ0) is 41.2. The second-order valence-corrected chi connectivity index (χ2v) is 20.4. The number of carboxylic acids is 1. The van der Waals surface area contributed by atoms with Crippen LogP contribution in [0, 0.1) is 0 Å². The molecule has 16 nitrogen and oxygen atoms in total. The number of hydrogen-bond acceptors (Lipinski definition) is 10. The molecule has 2 aliphatic rings. The Labute approximate surface area is 322 Å². The first kappa shape index (κ1) is 44.2. The van der Waals surface area contributed by atoms with Gasteiger partial charge >= 0.3 is 5.97 Å². The van der Waals surface area contributed by atoms with Gasteiger partial charge in [0.1, 0.15) is 6.54 Å². The summed E-state index contributed by atoms with van der Waals surface area (Å²) in [5.41, 5.74) is 1.64. The highest BCUT2D eigenvalue weighted by Crippen LogP contribution is 2.51. The van der Waals surface area contributed by atoms with Gasteiger partial charge in [0.2, 0.25) is 5.69 Å². The van der Waals surface area contributed by atoms with E-state index in [4.69, 9.17) is 5.11 Å². The van der Waals surface area contributed by atoms with Gasteiger partial charge in [0.25, 0.3) is 40.5 Å². The van der Waals surface area contributed by atoms with Crippen LogP contribution in [0.5, 0.6) is 0 Å². The molecular formula is C35H47N2O14S4+. The first-order valence-corrected chi connectivity index (χ1v) is 23.5. The van der Waals surface area contributed by atoms with E-state index in [1.54, 1.807) is 36.1 Å². The Bertz CT molecular complexity index is 2370. The number of aliphatic carboxylic acids is 1. The molecule has 0 spiro atoms. The summed E-state index contributed by atoms with van der Waals surface area (Å²) < 4.78 is 135. The number of fused-ring (bicyclic) bond motifs is 2. The van der Waals surface area contributed by atoms with Crippen LogP contribution in [0.1, 0.15) is 83.3 Å². The van der Waals surface area contributed by atoms with Crippen LogP contribution in [0.4, 0.5) is 11.4 Å². The summed E-state index contributed by atoms with van der Waals surface area (Å²) in [6, 6.07) is 8.27. The van der Waals surface area contributed by atoms with Crippen molar-refractivity contribution >= 4 is 63.5 Å². The van der Waals surface area contributed by atoms with E-state index in [0.717, 1.165) is 5.71 Å². The minimum Gasteiger partial charge on any atom is -0.481 e. The Kier molecular flexibility index (Phi) is 13.3. The summed E-state index contributed by atoms with van der Waals surface area (Å²) in [6.45, 7) is 6.03. The zero-order valence-electron chi connectivity index (χ0n) is 30.6. The van der Waals surface area contributed by atoms with Gasteiger partial charge in [-0.3, -0.25) is 23.0 Å². The number of benzene rings is 2. The smallest absolute Gasteiger partial charge is 0.303 e. The summed E-state index contributed by atoms with van der Waals surface area (Å²) in [4.78, 5) is 12.1. The second kappa shape index (κ2) is 16.5. The number of allylic oxidation sites excluding steroid dienone is 4. The number of hydrogen-bond donors (Lipinski definition) is 5. The van der Waals surface area contributed by atoms with Crippen molar-refractivity contribution in [3.05, 3.63) is 71.5 Å². The third-order valence-corrected chi connectivity index (χ3v) is 13.4. The van der Waals surface area contributed by atoms with Gasteiger partial charge in [-0.25, -0.2) is 0 Å². The summed E-state index contributed by atoms with van der Waals surface area (Å²) in [7, 11) is -17.8. The monoisotopic (exact) mass is 847 g/mol. The van der Waals surface area contributed by atoms with E-state index in [1.807, 2.05) is 18.4 Å². The van der Waals surface area contributed by atoms with Crippen LogP contribution in [-0.2, 0) is 56.1 Å². The lowest BCUT2D eigenvalue weighted by molar-refractivity contribution is -0.438. The van der Waals surface area contributed by atoms with Crippen molar-refractivity contribution in [3.63, 3.8) is 0 Å². The molecule has 0 fully saturated rings. The van der Waals surface area contributed by atoms with E-state index in [9.17, 15) is 56.7 Å². The largest absolute Gasteiger partial charge is 0.481 e. The predicted octanol–water partition coefficient (Wildman–Crippen LogP) is 4.76. The highest BCUT2D eigenvalue weighted by Gasteiger charge is 2.46. The fraction of sp³-hybridized carbons (Fsp3) is 0.486. The summed E-state index contributed by atoms with van der Waals surface area (Å²) in [5, 5.41) is 9.07. The Morgan fingerprint density at radius 1 is 0.745 bits per heavy atom. The number of carboxylic acid groups (broad SMARTS) is 1. The summed E-state index contributed by atoms with van der Waals surface area (Å²) >= 11 is 0. The Morgan fingerprint density at radius 2 is 1.33 bits per heavy atom. The fourth-order valence-corrected chi connectivity index (χ4v) is 9.45. The van der Waals surface area contributed by atoms with E-state index in [-0.39, 0.29) is 43.5 Å². The molecule has 1 unspecified atom stereocenters. The van der Waals surface area contributed by atoms with Gasteiger partial charge in [-0.2, -0.15) is 38.2 Å². The highest BCUT2D eigenvalue weighted by molar-refractivity contribution is 7.86. The Hall–Kier alpha value is -3.50. The molecule has 4 rings (SSSR count). The Balaban J connectivity index is 1.86. The lowest BCUT2D eigenvalue weighted by Gasteiger charge is -2.30. The highest BCUT2D eigenvalue weighted by atomic mass is 32.2.